The molecule has 0 atom stereocenters. The van der Waals surface area contributed by atoms with Gasteiger partial charge >= 0.3 is 0 Å². The van der Waals surface area contributed by atoms with Crippen molar-refractivity contribution in [2.75, 3.05) is 0 Å². The minimum absolute atomic E-state index is 0.568. The van der Waals surface area contributed by atoms with E-state index in [0.717, 1.165) is 77.5 Å². The first-order valence-electron chi connectivity index (χ1n) is 21.7. The largest absolute Gasteiger partial charge is 0.208 e. The van der Waals surface area contributed by atoms with E-state index in [1.807, 2.05) is 152 Å². The van der Waals surface area contributed by atoms with Gasteiger partial charge in [-0.25, -0.2) is 29.9 Å². The van der Waals surface area contributed by atoms with Crippen LogP contribution in [0.5, 0.6) is 0 Å². The summed E-state index contributed by atoms with van der Waals surface area (Å²) in [6, 6.07) is 77.8. The number of aromatic nitrogens is 6. The fourth-order valence-electron chi connectivity index (χ4n) is 8.42. The molecular formula is C59H37N7. The van der Waals surface area contributed by atoms with Crippen molar-refractivity contribution in [1.29, 1.82) is 5.26 Å². The zero-order valence-electron chi connectivity index (χ0n) is 35.5. The Bertz CT molecular complexity index is 3440. The molecule has 0 aliphatic heterocycles. The molecule has 0 fully saturated rings. The summed E-state index contributed by atoms with van der Waals surface area (Å²) in [5.41, 5.74) is 12.0. The first-order valence-corrected chi connectivity index (χ1v) is 21.7. The first kappa shape index (κ1) is 39.6. The van der Waals surface area contributed by atoms with Gasteiger partial charge in [0.25, 0.3) is 0 Å². The van der Waals surface area contributed by atoms with Crippen LogP contribution in [0.15, 0.2) is 224 Å². The fourth-order valence-corrected chi connectivity index (χ4v) is 8.42. The lowest BCUT2D eigenvalue weighted by molar-refractivity contribution is 1.07. The van der Waals surface area contributed by atoms with E-state index < -0.39 is 0 Å². The van der Waals surface area contributed by atoms with Crippen LogP contribution in [0, 0.1) is 11.3 Å². The highest BCUT2D eigenvalue weighted by molar-refractivity contribution is 6.12. The Morgan fingerprint density at radius 2 is 0.591 bits per heavy atom. The number of benzene rings is 9. The Morgan fingerprint density at radius 3 is 1.05 bits per heavy atom. The Labute approximate surface area is 382 Å². The molecule has 11 rings (SSSR count). The second kappa shape index (κ2) is 17.5. The van der Waals surface area contributed by atoms with Gasteiger partial charge in [0.2, 0.25) is 0 Å². The smallest absolute Gasteiger partial charge is 0.164 e. The van der Waals surface area contributed by atoms with Gasteiger partial charge in [0, 0.05) is 33.4 Å². The van der Waals surface area contributed by atoms with Gasteiger partial charge in [-0.2, -0.15) is 5.26 Å². The molecule has 0 radical (unpaired) electrons. The zero-order valence-corrected chi connectivity index (χ0v) is 35.5. The van der Waals surface area contributed by atoms with Gasteiger partial charge in [-0.3, -0.25) is 0 Å². The Balaban J connectivity index is 1.12. The predicted octanol–water partition coefficient (Wildman–Crippen LogP) is 14.1. The molecule has 0 amide bonds. The van der Waals surface area contributed by atoms with E-state index in [9.17, 15) is 5.26 Å². The first-order chi connectivity index (χ1) is 32.7. The van der Waals surface area contributed by atoms with Crippen LogP contribution in [-0.2, 0) is 0 Å². The third-order valence-corrected chi connectivity index (χ3v) is 11.7. The Kier molecular flexibility index (Phi) is 10.5. The van der Waals surface area contributed by atoms with Crippen molar-refractivity contribution in [2.45, 2.75) is 0 Å². The average Bonchev–Trinajstić information content (AvgIpc) is 3.41. The number of rotatable bonds is 9. The highest BCUT2D eigenvalue weighted by Gasteiger charge is 2.22. The van der Waals surface area contributed by atoms with Gasteiger partial charge in [-0.05, 0) is 62.4 Å². The second-order valence-electron chi connectivity index (χ2n) is 15.8. The number of nitriles is 1. The highest BCUT2D eigenvalue weighted by atomic mass is 15.0. The van der Waals surface area contributed by atoms with Gasteiger partial charge in [0.05, 0.1) is 11.6 Å². The van der Waals surface area contributed by atoms with Crippen LogP contribution >= 0.6 is 0 Å². The molecule has 2 aromatic heterocycles. The SMILES string of the molecule is N#Cc1ccc(-c2cc(-c3ccc(-c4nc(-c5ccccc5)nc(-c5ccccc5)n4)cc3)c(-c3ccccc3-c3nc(-c4ccccc4)nc(-c4ccccc4)n3)c3ccccc23)cc1. The van der Waals surface area contributed by atoms with Crippen molar-refractivity contribution in [1.82, 2.24) is 29.9 Å². The van der Waals surface area contributed by atoms with Gasteiger partial charge in [0.15, 0.2) is 34.9 Å². The van der Waals surface area contributed by atoms with Crippen LogP contribution in [0.3, 0.4) is 0 Å². The van der Waals surface area contributed by atoms with E-state index in [0.29, 0.717) is 40.5 Å². The van der Waals surface area contributed by atoms with E-state index in [-0.39, 0.29) is 0 Å². The van der Waals surface area contributed by atoms with Crippen LogP contribution in [-0.4, -0.2) is 29.9 Å². The quantitative estimate of drug-likeness (QED) is 0.143. The maximum Gasteiger partial charge on any atom is 0.164 e. The van der Waals surface area contributed by atoms with Crippen molar-refractivity contribution >= 4 is 10.8 Å². The van der Waals surface area contributed by atoms with Gasteiger partial charge in [-0.15, -0.1) is 0 Å². The molecule has 2 heterocycles. The lowest BCUT2D eigenvalue weighted by Gasteiger charge is -2.20. The molecule has 0 N–H and O–H groups in total. The molecule has 308 valence electrons. The third kappa shape index (κ3) is 7.76. The Hall–Kier alpha value is -9.25. The van der Waals surface area contributed by atoms with Crippen LogP contribution in [0.1, 0.15) is 5.56 Å². The minimum Gasteiger partial charge on any atom is -0.208 e. The summed E-state index contributed by atoms with van der Waals surface area (Å²) in [4.78, 5) is 30.3. The van der Waals surface area contributed by atoms with Crippen LogP contribution < -0.4 is 0 Å². The lowest BCUT2D eigenvalue weighted by Crippen LogP contribution is -2.01. The second-order valence-corrected chi connectivity index (χ2v) is 15.8. The summed E-state index contributed by atoms with van der Waals surface area (Å²) in [6.45, 7) is 0. The van der Waals surface area contributed by atoms with Crippen molar-refractivity contribution in [3.05, 3.63) is 230 Å². The Morgan fingerprint density at radius 1 is 0.258 bits per heavy atom. The molecule has 7 heteroatoms. The molecule has 9 aromatic carbocycles. The van der Waals surface area contributed by atoms with Gasteiger partial charge in [0.1, 0.15) is 0 Å². The number of hydrogen-bond acceptors (Lipinski definition) is 7. The lowest BCUT2D eigenvalue weighted by atomic mass is 9.84. The molecule has 0 saturated heterocycles. The van der Waals surface area contributed by atoms with Crippen molar-refractivity contribution in [2.24, 2.45) is 0 Å². The van der Waals surface area contributed by atoms with E-state index in [4.69, 9.17) is 29.9 Å². The van der Waals surface area contributed by atoms with E-state index in [2.05, 4.69) is 78.9 Å². The summed E-state index contributed by atoms with van der Waals surface area (Å²) < 4.78 is 0. The molecule has 0 spiro atoms. The zero-order chi connectivity index (χ0) is 44.2. The van der Waals surface area contributed by atoms with Crippen molar-refractivity contribution in [3.63, 3.8) is 0 Å². The van der Waals surface area contributed by atoms with E-state index in [1.54, 1.807) is 0 Å². The molecule has 0 aliphatic rings. The maximum absolute atomic E-state index is 9.68. The van der Waals surface area contributed by atoms with E-state index in [1.165, 1.54) is 0 Å². The number of fused-ring (bicyclic) bond motifs is 1. The topological polar surface area (TPSA) is 101 Å². The molecule has 7 nitrogen and oxygen atoms in total. The summed E-state index contributed by atoms with van der Waals surface area (Å²) in [5, 5.41) is 11.8. The number of hydrogen-bond donors (Lipinski definition) is 0. The molecule has 0 aliphatic carbocycles. The molecule has 0 bridgehead atoms. The van der Waals surface area contributed by atoms with E-state index >= 15 is 0 Å². The van der Waals surface area contributed by atoms with Gasteiger partial charge < -0.3 is 0 Å². The standard InChI is InChI=1S/C59H37N7/c60-38-39-29-31-40(32-30-39)51-37-52(41-33-35-46(36-34-41)58-62-54(42-17-5-1-6-18-42)61-55(63-58)43-19-7-2-8-20-43)53(48-26-14-13-25-47(48)51)49-27-15-16-28-50(49)59-65-56(44-21-9-3-10-22-44)64-57(66-59)45-23-11-4-12-24-45/h1-37H. The molecule has 0 unspecified atom stereocenters. The van der Waals surface area contributed by atoms with Crippen LogP contribution in [0.25, 0.3) is 112 Å². The maximum atomic E-state index is 9.68. The molecule has 66 heavy (non-hydrogen) atoms. The summed E-state index contributed by atoms with van der Waals surface area (Å²) in [6.07, 6.45) is 0. The fraction of sp³-hybridized carbons (Fsp3) is 0. The van der Waals surface area contributed by atoms with Crippen molar-refractivity contribution < 1.29 is 0 Å². The van der Waals surface area contributed by atoms with Crippen molar-refractivity contribution in [3.8, 4) is 108 Å². The average molecular weight is 844 g/mol. The monoisotopic (exact) mass is 843 g/mol. The van der Waals surface area contributed by atoms with Crippen LogP contribution in [0.2, 0.25) is 0 Å². The third-order valence-electron chi connectivity index (χ3n) is 11.7. The summed E-state index contributed by atoms with van der Waals surface area (Å²) in [5.74, 6) is 3.54. The highest BCUT2D eigenvalue weighted by Crippen LogP contribution is 2.46. The minimum atomic E-state index is 0.568. The van der Waals surface area contributed by atoms with Crippen LogP contribution in [0.4, 0.5) is 0 Å². The summed E-state index contributed by atoms with van der Waals surface area (Å²) >= 11 is 0. The summed E-state index contributed by atoms with van der Waals surface area (Å²) in [7, 11) is 0. The molecule has 0 saturated carbocycles. The number of nitrogens with zero attached hydrogens (tertiary/aromatic N) is 7. The normalized spacial score (nSPS) is 11.0. The predicted molar refractivity (Wildman–Crippen MR) is 264 cm³/mol. The molecular weight excluding hydrogens is 807 g/mol. The van der Waals surface area contributed by atoms with Gasteiger partial charge in [-0.1, -0.05) is 206 Å². The molecule has 11 aromatic rings.